The predicted molar refractivity (Wildman–Crippen MR) is 69.3 cm³/mol. The Labute approximate surface area is 110 Å². The molecule has 19 heavy (non-hydrogen) atoms. The van der Waals surface area contributed by atoms with E-state index in [-0.39, 0.29) is 12.4 Å². The van der Waals surface area contributed by atoms with Crippen LogP contribution in [0.3, 0.4) is 0 Å². The highest BCUT2D eigenvalue weighted by atomic mass is 16.5. The molecule has 100 valence electrons. The van der Waals surface area contributed by atoms with Crippen molar-refractivity contribution in [3.63, 3.8) is 0 Å². The highest BCUT2D eigenvalue weighted by Gasteiger charge is 2.14. The minimum atomic E-state index is -0.0283. The summed E-state index contributed by atoms with van der Waals surface area (Å²) in [6.07, 6.45) is 1.58. The molecule has 6 nitrogen and oxygen atoms in total. The summed E-state index contributed by atoms with van der Waals surface area (Å²) in [5.74, 6) is 1.17. The van der Waals surface area contributed by atoms with Gasteiger partial charge >= 0.3 is 0 Å². The molecule has 0 radical (unpaired) electrons. The fraction of sp³-hybridized carbons (Fsp3) is 0.231. The number of amidine groups is 1. The lowest BCUT2D eigenvalue weighted by atomic mass is 10.1. The summed E-state index contributed by atoms with van der Waals surface area (Å²) in [5, 5.41) is 11.8. The van der Waals surface area contributed by atoms with Gasteiger partial charge in [0.1, 0.15) is 18.1 Å². The molecule has 0 amide bonds. The van der Waals surface area contributed by atoms with Crippen molar-refractivity contribution in [3.8, 4) is 5.75 Å². The third kappa shape index (κ3) is 2.85. The van der Waals surface area contributed by atoms with Crippen molar-refractivity contribution >= 4 is 5.84 Å². The molecule has 2 aromatic rings. The molecule has 0 saturated heterocycles. The van der Waals surface area contributed by atoms with Crippen LogP contribution in [0.4, 0.5) is 0 Å². The molecular weight excluding hydrogens is 246 g/mol. The van der Waals surface area contributed by atoms with Gasteiger partial charge in [-0.2, -0.15) is 0 Å². The number of nitrogens with zero attached hydrogens (tertiary/aromatic N) is 2. The lowest BCUT2D eigenvalue weighted by molar-refractivity contribution is 0.268. The maximum Gasteiger partial charge on any atom is 0.175 e. The number of rotatable bonds is 4. The largest absolute Gasteiger partial charge is 0.485 e. The zero-order valence-electron chi connectivity index (χ0n) is 10.8. The van der Waals surface area contributed by atoms with E-state index in [0.29, 0.717) is 22.8 Å². The van der Waals surface area contributed by atoms with Crippen LogP contribution in [-0.4, -0.2) is 16.0 Å². The van der Waals surface area contributed by atoms with Crippen molar-refractivity contribution < 1.29 is 14.4 Å². The average Bonchev–Trinajstić information content (AvgIpc) is 2.88. The summed E-state index contributed by atoms with van der Waals surface area (Å²) in [7, 11) is 0. The van der Waals surface area contributed by atoms with Gasteiger partial charge in [0.25, 0.3) is 0 Å². The van der Waals surface area contributed by atoms with Gasteiger partial charge in [-0.15, -0.1) is 0 Å². The Morgan fingerprint density at radius 1 is 1.53 bits per heavy atom. The Morgan fingerprint density at radius 2 is 2.32 bits per heavy atom. The van der Waals surface area contributed by atoms with Crippen molar-refractivity contribution in [1.29, 1.82) is 0 Å². The van der Waals surface area contributed by atoms with Crippen LogP contribution in [-0.2, 0) is 6.61 Å². The van der Waals surface area contributed by atoms with Gasteiger partial charge in [0.05, 0.1) is 17.5 Å². The SMILES string of the molecule is Cc1cc(OCc2ccco2)c(/C(N)=N/O)c(C)n1. The lowest BCUT2D eigenvalue weighted by Gasteiger charge is -2.12. The maximum absolute atomic E-state index is 8.82. The summed E-state index contributed by atoms with van der Waals surface area (Å²) in [6, 6.07) is 5.33. The number of hydrogen-bond acceptors (Lipinski definition) is 5. The molecule has 0 atom stereocenters. The topological polar surface area (TPSA) is 93.9 Å². The van der Waals surface area contributed by atoms with Crippen molar-refractivity contribution in [1.82, 2.24) is 4.98 Å². The van der Waals surface area contributed by atoms with Gasteiger partial charge in [-0.05, 0) is 26.0 Å². The zero-order valence-corrected chi connectivity index (χ0v) is 10.8. The zero-order chi connectivity index (χ0) is 13.8. The molecule has 0 aliphatic carbocycles. The van der Waals surface area contributed by atoms with Gasteiger partial charge in [-0.3, -0.25) is 4.98 Å². The van der Waals surface area contributed by atoms with E-state index in [9.17, 15) is 0 Å². The van der Waals surface area contributed by atoms with Gasteiger partial charge in [-0.25, -0.2) is 0 Å². The van der Waals surface area contributed by atoms with Crippen molar-refractivity contribution in [2.75, 3.05) is 0 Å². The van der Waals surface area contributed by atoms with Crippen molar-refractivity contribution in [3.05, 3.63) is 47.2 Å². The lowest BCUT2D eigenvalue weighted by Crippen LogP contribution is -2.17. The Balaban J connectivity index is 2.32. The van der Waals surface area contributed by atoms with Crippen LogP contribution in [0, 0.1) is 13.8 Å². The molecule has 2 rings (SSSR count). The second-order valence-electron chi connectivity index (χ2n) is 4.08. The molecule has 0 aromatic carbocycles. The first-order valence-corrected chi connectivity index (χ1v) is 5.73. The highest BCUT2D eigenvalue weighted by Crippen LogP contribution is 2.23. The molecule has 6 heteroatoms. The third-order valence-corrected chi connectivity index (χ3v) is 2.61. The molecule has 0 saturated carbocycles. The van der Waals surface area contributed by atoms with Crippen LogP contribution in [0.1, 0.15) is 22.7 Å². The van der Waals surface area contributed by atoms with Crippen LogP contribution in [0.2, 0.25) is 0 Å². The first-order chi connectivity index (χ1) is 9.11. The van der Waals surface area contributed by atoms with E-state index in [2.05, 4.69) is 10.1 Å². The monoisotopic (exact) mass is 261 g/mol. The summed E-state index contributed by atoms with van der Waals surface area (Å²) < 4.78 is 10.9. The molecule has 0 aliphatic rings. The first kappa shape index (κ1) is 12.9. The molecular formula is C13H15N3O3. The van der Waals surface area contributed by atoms with Gasteiger partial charge in [0, 0.05) is 11.8 Å². The van der Waals surface area contributed by atoms with Crippen LogP contribution in [0.25, 0.3) is 0 Å². The van der Waals surface area contributed by atoms with Crippen LogP contribution in [0.5, 0.6) is 5.75 Å². The highest BCUT2D eigenvalue weighted by molar-refractivity contribution is 6.00. The normalized spacial score (nSPS) is 11.6. The molecule has 2 aromatic heterocycles. The van der Waals surface area contributed by atoms with E-state index >= 15 is 0 Å². The third-order valence-electron chi connectivity index (χ3n) is 2.61. The number of furan rings is 1. The number of hydrogen-bond donors (Lipinski definition) is 2. The molecule has 0 unspecified atom stereocenters. The summed E-state index contributed by atoms with van der Waals surface area (Å²) in [5.41, 5.74) is 7.57. The van der Waals surface area contributed by atoms with Gasteiger partial charge in [0.2, 0.25) is 0 Å². The predicted octanol–water partition coefficient (Wildman–Crippen LogP) is 1.96. The van der Waals surface area contributed by atoms with Gasteiger partial charge in [-0.1, -0.05) is 5.16 Å². The Hall–Kier alpha value is -2.50. The number of aryl methyl sites for hydroxylation is 2. The second-order valence-corrected chi connectivity index (χ2v) is 4.08. The summed E-state index contributed by atoms with van der Waals surface area (Å²) >= 11 is 0. The average molecular weight is 261 g/mol. The van der Waals surface area contributed by atoms with Crippen LogP contribution < -0.4 is 10.5 Å². The van der Waals surface area contributed by atoms with Gasteiger partial charge in [0.15, 0.2) is 5.84 Å². The fourth-order valence-electron chi connectivity index (χ4n) is 1.81. The maximum atomic E-state index is 8.82. The number of nitrogens with two attached hydrogens (primary N) is 1. The summed E-state index contributed by atoms with van der Waals surface area (Å²) in [4.78, 5) is 4.27. The standard InChI is InChI=1S/C13H15N3O3/c1-8-6-11(19-7-10-4-3-5-18-10)12(9(2)15-8)13(14)16-17/h3-6,17H,7H2,1-2H3,(H2,14,16). The number of oxime groups is 1. The molecule has 3 N–H and O–H groups in total. The minimum Gasteiger partial charge on any atom is -0.485 e. The fourth-order valence-corrected chi connectivity index (χ4v) is 1.81. The Bertz CT molecular complexity index is 591. The second kappa shape index (κ2) is 5.43. The molecule has 0 bridgehead atoms. The van der Waals surface area contributed by atoms with Gasteiger partial charge < -0.3 is 20.1 Å². The molecule has 0 fully saturated rings. The first-order valence-electron chi connectivity index (χ1n) is 5.73. The van der Waals surface area contributed by atoms with Crippen LogP contribution >= 0.6 is 0 Å². The van der Waals surface area contributed by atoms with E-state index in [1.54, 1.807) is 25.3 Å². The number of pyridine rings is 1. The Kier molecular flexibility index (Phi) is 3.70. The van der Waals surface area contributed by atoms with Crippen molar-refractivity contribution in [2.45, 2.75) is 20.5 Å². The summed E-state index contributed by atoms with van der Waals surface area (Å²) in [6.45, 7) is 3.89. The van der Waals surface area contributed by atoms with Crippen molar-refractivity contribution in [2.24, 2.45) is 10.9 Å². The molecule has 0 aliphatic heterocycles. The van der Waals surface area contributed by atoms with Crippen LogP contribution in [0.15, 0.2) is 34.0 Å². The molecule has 2 heterocycles. The minimum absolute atomic E-state index is 0.0283. The molecule has 0 spiro atoms. The quantitative estimate of drug-likeness (QED) is 0.380. The van der Waals surface area contributed by atoms with E-state index in [4.69, 9.17) is 20.1 Å². The van der Waals surface area contributed by atoms with E-state index < -0.39 is 0 Å². The smallest absolute Gasteiger partial charge is 0.175 e. The Morgan fingerprint density at radius 3 is 2.95 bits per heavy atom. The number of ether oxygens (including phenoxy) is 1. The number of aromatic nitrogens is 1. The van der Waals surface area contributed by atoms with E-state index in [0.717, 1.165) is 5.69 Å². The van der Waals surface area contributed by atoms with E-state index in [1.807, 2.05) is 13.0 Å². The van der Waals surface area contributed by atoms with E-state index in [1.165, 1.54) is 0 Å².